The Kier molecular flexibility index (Phi) is 5.15. The Hall–Kier alpha value is -2.05. The Morgan fingerprint density at radius 2 is 1.78 bits per heavy atom. The van der Waals surface area contributed by atoms with Crippen molar-refractivity contribution in [2.75, 3.05) is 31.2 Å². The topological polar surface area (TPSA) is 58.5 Å². The van der Waals surface area contributed by atoms with Gasteiger partial charge in [-0.25, -0.2) is 14.4 Å². The number of aliphatic hydroxyl groups is 1. The molecule has 1 saturated heterocycles. The number of hydrogen-bond donors (Lipinski definition) is 1. The molecule has 2 heterocycles. The molecule has 0 spiro atoms. The Labute approximate surface area is 134 Å². The van der Waals surface area contributed by atoms with Crippen LogP contribution in [-0.4, -0.2) is 41.4 Å². The fourth-order valence-corrected chi connectivity index (χ4v) is 2.63. The minimum absolute atomic E-state index is 0.281. The van der Waals surface area contributed by atoms with Crippen LogP contribution >= 0.6 is 0 Å². The van der Waals surface area contributed by atoms with Gasteiger partial charge in [0, 0.05) is 31.0 Å². The predicted molar refractivity (Wildman–Crippen MR) is 84.8 cm³/mol. The summed E-state index contributed by atoms with van der Waals surface area (Å²) in [5, 5.41) is 9.11. The van der Waals surface area contributed by atoms with Crippen molar-refractivity contribution in [2.24, 2.45) is 0 Å². The van der Waals surface area contributed by atoms with Gasteiger partial charge in [-0.05, 0) is 24.0 Å². The van der Waals surface area contributed by atoms with Crippen LogP contribution in [0.2, 0.25) is 0 Å². The molecule has 1 aromatic heterocycles. The van der Waals surface area contributed by atoms with Crippen molar-refractivity contribution < 1.29 is 14.2 Å². The number of hydrogen-bond acceptors (Lipinski definition) is 5. The van der Waals surface area contributed by atoms with E-state index in [2.05, 4.69) is 14.9 Å². The Morgan fingerprint density at radius 3 is 2.48 bits per heavy atom. The van der Waals surface area contributed by atoms with Crippen molar-refractivity contribution in [3.05, 3.63) is 53.1 Å². The highest BCUT2D eigenvalue weighted by atomic mass is 19.1. The average Bonchev–Trinajstić information content (AvgIpc) is 2.62. The summed E-state index contributed by atoms with van der Waals surface area (Å²) < 4.78 is 19.4. The molecular weight excluding hydrogens is 297 g/mol. The third-order valence-corrected chi connectivity index (χ3v) is 4.00. The number of aromatic nitrogens is 2. The molecule has 23 heavy (non-hydrogen) atoms. The molecule has 3 rings (SSSR count). The van der Waals surface area contributed by atoms with E-state index in [0.717, 1.165) is 18.7 Å². The smallest absolute Gasteiger partial charge is 0.225 e. The first kappa shape index (κ1) is 15.8. The zero-order valence-electron chi connectivity index (χ0n) is 12.9. The highest BCUT2D eigenvalue weighted by Gasteiger charge is 2.13. The van der Waals surface area contributed by atoms with Gasteiger partial charge in [0.1, 0.15) is 5.82 Å². The summed E-state index contributed by atoms with van der Waals surface area (Å²) in [6.45, 7) is 2.73. The normalized spacial score (nSPS) is 15.0. The van der Waals surface area contributed by atoms with Gasteiger partial charge in [-0.1, -0.05) is 18.2 Å². The summed E-state index contributed by atoms with van der Waals surface area (Å²) in [4.78, 5) is 10.9. The van der Waals surface area contributed by atoms with E-state index in [0.29, 0.717) is 43.1 Å². The molecule has 5 nitrogen and oxygen atoms in total. The van der Waals surface area contributed by atoms with Crippen LogP contribution in [-0.2, 0) is 24.2 Å². The maximum absolute atomic E-state index is 14.1. The van der Waals surface area contributed by atoms with Crippen molar-refractivity contribution >= 4 is 5.95 Å². The van der Waals surface area contributed by atoms with E-state index in [1.807, 2.05) is 0 Å². The number of ether oxygens (including phenoxy) is 1. The zero-order valence-corrected chi connectivity index (χ0v) is 12.9. The third kappa shape index (κ3) is 3.83. The summed E-state index contributed by atoms with van der Waals surface area (Å²) in [6, 6.07) is 5.11. The summed E-state index contributed by atoms with van der Waals surface area (Å²) >= 11 is 0. The van der Waals surface area contributed by atoms with Gasteiger partial charge in [-0.3, -0.25) is 0 Å². The lowest BCUT2D eigenvalue weighted by Crippen LogP contribution is -2.37. The van der Waals surface area contributed by atoms with Crippen molar-refractivity contribution in [1.29, 1.82) is 0 Å². The van der Waals surface area contributed by atoms with Crippen LogP contribution in [0.3, 0.4) is 0 Å². The van der Waals surface area contributed by atoms with E-state index in [4.69, 9.17) is 9.84 Å². The maximum Gasteiger partial charge on any atom is 0.225 e. The van der Waals surface area contributed by atoms with Crippen LogP contribution in [0.15, 0.2) is 30.6 Å². The molecule has 0 atom stereocenters. The van der Waals surface area contributed by atoms with Crippen molar-refractivity contribution in [1.82, 2.24) is 9.97 Å². The SMILES string of the molecule is OCc1cccc(CCc2cnc(N3CCOCC3)nc2)c1F. The lowest BCUT2D eigenvalue weighted by Gasteiger charge is -2.26. The Balaban J connectivity index is 1.62. The van der Waals surface area contributed by atoms with Gasteiger partial charge in [-0.2, -0.15) is 0 Å². The number of morpholine rings is 1. The van der Waals surface area contributed by atoms with Crippen molar-refractivity contribution in [3.63, 3.8) is 0 Å². The summed E-state index contributed by atoms with van der Waals surface area (Å²) in [5.74, 6) is 0.395. The number of aliphatic hydroxyl groups excluding tert-OH is 1. The van der Waals surface area contributed by atoms with Gasteiger partial charge >= 0.3 is 0 Å². The number of aryl methyl sites for hydroxylation is 2. The molecule has 1 N–H and O–H groups in total. The van der Waals surface area contributed by atoms with Crippen LogP contribution in [0.4, 0.5) is 10.3 Å². The van der Waals surface area contributed by atoms with Crippen LogP contribution in [0.5, 0.6) is 0 Å². The molecule has 2 aromatic rings. The molecule has 1 aromatic carbocycles. The van der Waals surface area contributed by atoms with Gasteiger partial charge in [0.05, 0.1) is 19.8 Å². The molecule has 0 radical (unpaired) electrons. The van der Waals surface area contributed by atoms with E-state index >= 15 is 0 Å². The van der Waals surface area contributed by atoms with E-state index in [1.165, 1.54) is 0 Å². The average molecular weight is 317 g/mol. The Morgan fingerprint density at radius 1 is 1.09 bits per heavy atom. The van der Waals surface area contributed by atoms with Crippen LogP contribution in [0, 0.1) is 5.82 Å². The van der Waals surface area contributed by atoms with Crippen LogP contribution < -0.4 is 4.90 Å². The summed E-state index contributed by atoms with van der Waals surface area (Å²) in [6.07, 6.45) is 4.81. The monoisotopic (exact) mass is 317 g/mol. The van der Waals surface area contributed by atoms with Gasteiger partial charge in [0.25, 0.3) is 0 Å². The van der Waals surface area contributed by atoms with Crippen molar-refractivity contribution in [3.8, 4) is 0 Å². The molecule has 0 saturated carbocycles. The highest BCUT2D eigenvalue weighted by molar-refractivity contribution is 5.31. The predicted octanol–water partition coefficient (Wildman–Crippen LogP) is 1.73. The van der Waals surface area contributed by atoms with Crippen LogP contribution in [0.1, 0.15) is 16.7 Å². The minimum atomic E-state index is -0.319. The van der Waals surface area contributed by atoms with Gasteiger partial charge < -0.3 is 14.7 Å². The van der Waals surface area contributed by atoms with Crippen molar-refractivity contribution in [2.45, 2.75) is 19.4 Å². The number of halogens is 1. The molecule has 0 aliphatic carbocycles. The summed E-state index contributed by atoms with van der Waals surface area (Å²) in [5.41, 5.74) is 1.91. The van der Waals surface area contributed by atoms with Gasteiger partial charge in [0.2, 0.25) is 5.95 Å². The highest BCUT2D eigenvalue weighted by Crippen LogP contribution is 2.16. The number of benzene rings is 1. The van der Waals surface area contributed by atoms with Gasteiger partial charge in [0.15, 0.2) is 0 Å². The first-order valence-electron chi connectivity index (χ1n) is 7.78. The summed E-state index contributed by atoms with van der Waals surface area (Å²) in [7, 11) is 0. The quantitative estimate of drug-likeness (QED) is 0.910. The molecule has 0 bridgehead atoms. The molecular formula is C17H20FN3O2. The number of anilines is 1. The van der Waals surface area contributed by atoms with E-state index in [1.54, 1.807) is 30.6 Å². The number of nitrogens with zero attached hydrogens (tertiary/aromatic N) is 3. The molecule has 0 amide bonds. The zero-order chi connectivity index (χ0) is 16.1. The lowest BCUT2D eigenvalue weighted by atomic mass is 10.0. The second-order valence-electron chi connectivity index (χ2n) is 5.54. The fraction of sp³-hybridized carbons (Fsp3) is 0.412. The fourth-order valence-electron chi connectivity index (χ4n) is 2.63. The molecule has 122 valence electrons. The largest absolute Gasteiger partial charge is 0.392 e. The third-order valence-electron chi connectivity index (χ3n) is 4.00. The van der Waals surface area contributed by atoms with E-state index in [-0.39, 0.29) is 12.4 Å². The minimum Gasteiger partial charge on any atom is -0.392 e. The second-order valence-corrected chi connectivity index (χ2v) is 5.54. The molecule has 1 aliphatic rings. The molecule has 6 heteroatoms. The molecule has 0 unspecified atom stereocenters. The standard InChI is InChI=1S/C17H20FN3O2/c18-16-14(2-1-3-15(16)12-22)5-4-13-10-19-17(20-11-13)21-6-8-23-9-7-21/h1-3,10-11,22H,4-9,12H2. The molecule has 1 fully saturated rings. The number of rotatable bonds is 5. The second kappa shape index (κ2) is 7.48. The van der Waals surface area contributed by atoms with Crippen LogP contribution in [0.25, 0.3) is 0 Å². The van der Waals surface area contributed by atoms with Gasteiger partial charge in [-0.15, -0.1) is 0 Å². The Bertz CT molecular complexity index is 643. The lowest BCUT2D eigenvalue weighted by molar-refractivity contribution is 0.122. The first-order valence-corrected chi connectivity index (χ1v) is 7.78. The van der Waals surface area contributed by atoms with E-state index < -0.39 is 0 Å². The maximum atomic E-state index is 14.1. The van der Waals surface area contributed by atoms with E-state index in [9.17, 15) is 4.39 Å². The molecule has 1 aliphatic heterocycles. The first-order chi connectivity index (χ1) is 11.3.